The highest BCUT2D eigenvalue weighted by atomic mass is 35.5. The van der Waals surface area contributed by atoms with Gasteiger partial charge in [0.25, 0.3) is 5.91 Å². The number of nitrogens with one attached hydrogen (secondary N) is 1. The zero-order valence-electron chi connectivity index (χ0n) is 12.4. The van der Waals surface area contributed by atoms with Crippen molar-refractivity contribution < 1.29 is 4.79 Å². The number of carbonyl (C=O) groups is 1. The predicted octanol–water partition coefficient (Wildman–Crippen LogP) is 2.92. The van der Waals surface area contributed by atoms with Crippen LogP contribution < -0.4 is 5.32 Å². The molecule has 1 amide bonds. The Kier molecular flexibility index (Phi) is 4.54. The molecule has 7 heteroatoms. The molecule has 1 heterocycles. The second kappa shape index (κ2) is 6.94. The second-order valence-electron chi connectivity index (χ2n) is 4.95. The fourth-order valence-electron chi connectivity index (χ4n) is 2.21. The van der Waals surface area contributed by atoms with Crippen molar-refractivity contribution in [2.45, 2.75) is 6.04 Å². The summed E-state index contributed by atoms with van der Waals surface area (Å²) in [6, 6.07) is 15.0. The van der Waals surface area contributed by atoms with E-state index < -0.39 is 6.04 Å². The number of benzene rings is 2. The molecule has 1 aromatic heterocycles. The topological polar surface area (TPSA) is 83.6 Å². The highest BCUT2D eigenvalue weighted by Gasteiger charge is 2.17. The molecule has 24 heavy (non-hydrogen) atoms. The fourth-order valence-corrected chi connectivity index (χ4v) is 2.46. The van der Waals surface area contributed by atoms with Gasteiger partial charge in [0.05, 0.1) is 24.2 Å². The summed E-state index contributed by atoms with van der Waals surface area (Å²) in [5.74, 6) is -0.355. The van der Waals surface area contributed by atoms with E-state index in [-0.39, 0.29) is 5.91 Å². The Morgan fingerprint density at radius 1 is 1.21 bits per heavy atom. The van der Waals surface area contributed by atoms with Crippen LogP contribution in [0.25, 0.3) is 5.69 Å². The lowest BCUT2D eigenvalue weighted by atomic mass is 10.1. The minimum Gasteiger partial charge on any atom is -0.332 e. The third-order valence-corrected chi connectivity index (χ3v) is 3.78. The Hall–Kier alpha value is -3.17. The van der Waals surface area contributed by atoms with Crippen molar-refractivity contribution in [1.29, 1.82) is 5.26 Å². The van der Waals surface area contributed by atoms with Crippen molar-refractivity contribution in [1.82, 2.24) is 20.3 Å². The largest absolute Gasteiger partial charge is 0.332 e. The predicted molar refractivity (Wildman–Crippen MR) is 88.6 cm³/mol. The molecule has 2 aromatic carbocycles. The van der Waals surface area contributed by atoms with Crippen molar-refractivity contribution in [2.75, 3.05) is 0 Å². The lowest BCUT2D eigenvalue weighted by molar-refractivity contribution is 0.0945. The second-order valence-corrected chi connectivity index (χ2v) is 5.36. The van der Waals surface area contributed by atoms with Gasteiger partial charge in [-0.2, -0.15) is 5.26 Å². The molecule has 0 aliphatic rings. The highest BCUT2D eigenvalue weighted by Crippen LogP contribution is 2.22. The number of nitrogens with zero attached hydrogens (tertiary/aromatic N) is 4. The van der Waals surface area contributed by atoms with Gasteiger partial charge in [-0.25, -0.2) is 4.68 Å². The molecule has 1 N–H and O–H groups in total. The van der Waals surface area contributed by atoms with Crippen LogP contribution in [-0.2, 0) is 0 Å². The van der Waals surface area contributed by atoms with Crippen LogP contribution in [0.3, 0.4) is 0 Å². The van der Waals surface area contributed by atoms with Crippen molar-refractivity contribution in [3.63, 3.8) is 0 Å². The van der Waals surface area contributed by atoms with Gasteiger partial charge in [-0.3, -0.25) is 4.79 Å². The lowest BCUT2D eigenvalue weighted by Crippen LogP contribution is -2.27. The summed E-state index contributed by atoms with van der Waals surface area (Å²) in [4.78, 5) is 12.4. The lowest BCUT2D eigenvalue weighted by Gasteiger charge is -2.13. The van der Waals surface area contributed by atoms with Gasteiger partial charge in [0.1, 0.15) is 6.04 Å². The highest BCUT2D eigenvalue weighted by molar-refractivity contribution is 6.31. The molecular formula is C17H12ClN5O. The molecule has 0 aliphatic heterocycles. The van der Waals surface area contributed by atoms with Gasteiger partial charge in [-0.15, -0.1) is 5.10 Å². The van der Waals surface area contributed by atoms with Crippen LogP contribution in [0, 0.1) is 11.3 Å². The number of halogens is 1. The standard InChI is InChI=1S/C17H12ClN5O/c18-15-4-2-1-3-14(15)16(11-19)21-17(24)12-5-7-13(8-6-12)23-10-9-20-22-23/h1-10,16H,(H,21,24)/t16-/m0/s1. The van der Waals surface area contributed by atoms with E-state index in [2.05, 4.69) is 21.7 Å². The Morgan fingerprint density at radius 3 is 2.58 bits per heavy atom. The molecule has 0 saturated carbocycles. The van der Waals surface area contributed by atoms with E-state index in [4.69, 9.17) is 11.6 Å². The van der Waals surface area contributed by atoms with E-state index in [1.165, 1.54) is 0 Å². The summed E-state index contributed by atoms with van der Waals surface area (Å²) in [6.07, 6.45) is 3.28. The summed E-state index contributed by atoms with van der Waals surface area (Å²) in [7, 11) is 0. The average molecular weight is 338 g/mol. The first-order valence-corrected chi connectivity index (χ1v) is 7.48. The van der Waals surface area contributed by atoms with E-state index in [1.54, 1.807) is 65.6 Å². The normalized spacial score (nSPS) is 11.5. The van der Waals surface area contributed by atoms with Gasteiger partial charge in [0.2, 0.25) is 0 Å². The molecule has 0 fully saturated rings. The zero-order valence-corrected chi connectivity index (χ0v) is 13.2. The van der Waals surface area contributed by atoms with E-state index in [1.807, 2.05) is 0 Å². The number of hydrogen-bond acceptors (Lipinski definition) is 4. The molecule has 0 radical (unpaired) electrons. The Balaban J connectivity index is 1.77. The summed E-state index contributed by atoms with van der Waals surface area (Å²) in [6.45, 7) is 0. The van der Waals surface area contributed by atoms with Crippen molar-refractivity contribution >= 4 is 17.5 Å². The quantitative estimate of drug-likeness (QED) is 0.793. The van der Waals surface area contributed by atoms with Gasteiger partial charge >= 0.3 is 0 Å². The van der Waals surface area contributed by atoms with Crippen LogP contribution >= 0.6 is 11.6 Å². The van der Waals surface area contributed by atoms with Crippen LogP contribution in [0.5, 0.6) is 0 Å². The molecular weight excluding hydrogens is 326 g/mol. The number of aromatic nitrogens is 3. The van der Waals surface area contributed by atoms with E-state index >= 15 is 0 Å². The van der Waals surface area contributed by atoms with Gasteiger partial charge in [-0.05, 0) is 30.3 Å². The maximum Gasteiger partial charge on any atom is 0.252 e. The molecule has 118 valence electrons. The summed E-state index contributed by atoms with van der Waals surface area (Å²) in [5, 5.41) is 20.1. The molecule has 3 aromatic rings. The molecule has 3 rings (SSSR count). The number of carbonyl (C=O) groups excluding carboxylic acids is 1. The first-order valence-electron chi connectivity index (χ1n) is 7.10. The monoisotopic (exact) mass is 337 g/mol. The van der Waals surface area contributed by atoms with Crippen LogP contribution in [0.15, 0.2) is 60.9 Å². The van der Waals surface area contributed by atoms with Crippen LogP contribution in [-0.4, -0.2) is 20.9 Å². The number of amides is 1. The van der Waals surface area contributed by atoms with Crippen molar-refractivity contribution in [3.05, 3.63) is 77.1 Å². The molecule has 0 bridgehead atoms. The Labute approximate surface area is 143 Å². The number of hydrogen-bond donors (Lipinski definition) is 1. The summed E-state index contributed by atoms with van der Waals surface area (Å²) < 4.78 is 1.59. The van der Waals surface area contributed by atoms with E-state index in [0.717, 1.165) is 5.69 Å². The summed E-state index contributed by atoms with van der Waals surface area (Å²) in [5.41, 5.74) is 1.78. The van der Waals surface area contributed by atoms with Crippen LogP contribution in [0.4, 0.5) is 0 Å². The minimum absolute atomic E-state index is 0.355. The molecule has 0 unspecified atom stereocenters. The third-order valence-electron chi connectivity index (χ3n) is 3.44. The number of rotatable bonds is 4. The first kappa shape index (κ1) is 15.7. The summed E-state index contributed by atoms with van der Waals surface area (Å²) >= 11 is 6.09. The Bertz CT molecular complexity index is 884. The average Bonchev–Trinajstić information content (AvgIpc) is 3.15. The maximum absolute atomic E-state index is 12.4. The first-order chi connectivity index (χ1) is 11.7. The van der Waals surface area contributed by atoms with E-state index in [9.17, 15) is 10.1 Å². The van der Waals surface area contributed by atoms with Gasteiger partial charge in [0.15, 0.2) is 0 Å². The maximum atomic E-state index is 12.4. The van der Waals surface area contributed by atoms with Crippen molar-refractivity contribution in [2.24, 2.45) is 0 Å². The fraction of sp³-hybridized carbons (Fsp3) is 0.0588. The molecule has 0 spiro atoms. The smallest absolute Gasteiger partial charge is 0.252 e. The number of nitriles is 1. The van der Waals surface area contributed by atoms with Gasteiger partial charge in [-0.1, -0.05) is 35.0 Å². The molecule has 0 saturated heterocycles. The SMILES string of the molecule is N#C[C@H](NC(=O)c1ccc(-n2ccnn2)cc1)c1ccccc1Cl. The van der Waals surface area contributed by atoms with Crippen LogP contribution in [0.1, 0.15) is 22.0 Å². The molecule has 0 aliphatic carbocycles. The zero-order chi connectivity index (χ0) is 16.9. The van der Waals surface area contributed by atoms with Gasteiger partial charge < -0.3 is 5.32 Å². The molecule has 1 atom stereocenters. The minimum atomic E-state index is -0.818. The Morgan fingerprint density at radius 2 is 1.96 bits per heavy atom. The van der Waals surface area contributed by atoms with E-state index in [0.29, 0.717) is 16.1 Å². The van der Waals surface area contributed by atoms with Crippen LogP contribution in [0.2, 0.25) is 5.02 Å². The molecule has 6 nitrogen and oxygen atoms in total. The third kappa shape index (κ3) is 3.26. The van der Waals surface area contributed by atoms with Crippen molar-refractivity contribution in [3.8, 4) is 11.8 Å². The van der Waals surface area contributed by atoms with Gasteiger partial charge in [0, 0.05) is 16.1 Å².